The van der Waals surface area contributed by atoms with Crippen LogP contribution in [-0.2, 0) is 4.79 Å². The maximum absolute atomic E-state index is 13.1. The first-order valence-corrected chi connectivity index (χ1v) is 10.1. The number of carbonyl (C=O) groups is 1. The monoisotopic (exact) mass is 393 g/mol. The number of anilines is 1. The molecule has 6 heteroatoms. The quantitative estimate of drug-likeness (QED) is 0.620. The van der Waals surface area contributed by atoms with Crippen LogP contribution < -0.4 is 4.90 Å². The van der Waals surface area contributed by atoms with Crippen molar-refractivity contribution in [3.63, 3.8) is 0 Å². The molecule has 0 atom stereocenters. The minimum Gasteiger partial charge on any atom is -0.345 e. The molecule has 0 aliphatic carbocycles. The topological polar surface area (TPSA) is 36.4 Å². The van der Waals surface area contributed by atoms with Gasteiger partial charge in [-0.15, -0.1) is 11.3 Å². The van der Waals surface area contributed by atoms with Crippen LogP contribution in [0.5, 0.6) is 0 Å². The fraction of sp³-hybridized carbons (Fsp3) is 0.182. The fourth-order valence-electron chi connectivity index (χ4n) is 3.12. The first-order chi connectivity index (χ1) is 13.7. The summed E-state index contributed by atoms with van der Waals surface area (Å²) in [6.45, 7) is 2.84. The molecular weight excluding hydrogens is 373 g/mol. The van der Waals surface area contributed by atoms with Gasteiger partial charge in [0, 0.05) is 43.2 Å². The van der Waals surface area contributed by atoms with Gasteiger partial charge in [0.25, 0.3) is 0 Å². The van der Waals surface area contributed by atoms with Crippen molar-refractivity contribution >= 4 is 28.5 Å². The highest BCUT2D eigenvalue weighted by Crippen LogP contribution is 2.28. The van der Waals surface area contributed by atoms with Gasteiger partial charge >= 0.3 is 0 Å². The number of hydrogen-bond acceptors (Lipinski definition) is 4. The Kier molecular flexibility index (Phi) is 5.48. The third-order valence-corrected chi connectivity index (χ3v) is 5.61. The predicted molar refractivity (Wildman–Crippen MR) is 112 cm³/mol. The lowest BCUT2D eigenvalue weighted by Gasteiger charge is -2.34. The maximum atomic E-state index is 13.1. The Balaban J connectivity index is 1.35. The molecule has 0 bridgehead atoms. The van der Waals surface area contributed by atoms with Crippen molar-refractivity contribution in [2.45, 2.75) is 0 Å². The van der Waals surface area contributed by atoms with E-state index in [0.717, 1.165) is 35.0 Å². The highest BCUT2D eigenvalue weighted by molar-refractivity contribution is 7.14. The number of benzene rings is 2. The van der Waals surface area contributed by atoms with E-state index in [-0.39, 0.29) is 11.7 Å². The summed E-state index contributed by atoms with van der Waals surface area (Å²) < 4.78 is 13.1. The molecule has 4 rings (SSSR count). The summed E-state index contributed by atoms with van der Waals surface area (Å²) in [5.41, 5.74) is 2.78. The van der Waals surface area contributed by atoms with E-state index in [9.17, 15) is 9.18 Å². The van der Waals surface area contributed by atoms with Crippen molar-refractivity contribution in [1.29, 1.82) is 0 Å². The number of thiazole rings is 1. The number of piperazine rings is 1. The number of aromatic nitrogens is 1. The second-order valence-electron chi connectivity index (χ2n) is 6.58. The van der Waals surface area contributed by atoms with Gasteiger partial charge in [0.2, 0.25) is 5.91 Å². The molecule has 142 valence electrons. The molecular formula is C22H20FN3OS. The first kappa shape index (κ1) is 18.4. The van der Waals surface area contributed by atoms with Gasteiger partial charge in [-0.25, -0.2) is 9.37 Å². The zero-order valence-corrected chi connectivity index (χ0v) is 16.1. The number of hydrogen-bond donors (Lipinski definition) is 0. The first-order valence-electron chi connectivity index (χ1n) is 9.17. The van der Waals surface area contributed by atoms with Crippen LogP contribution >= 0.6 is 11.3 Å². The second kappa shape index (κ2) is 8.35. The van der Waals surface area contributed by atoms with E-state index >= 15 is 0 Å². The van der Waals surface area contributed by atoms with Crippen molar-refractivity contribution in [2.75, 3.05) is 31.1 Å². The van der Waals surface area contributed by atoms with Crippen LogP contribution in [-0.4, -0.2) is 42.0 Å². The smallest absolute Gasteiger partial charge is 0.246 e. The molecule has 1 aliphatic heterocycles. The zero-order valence-electron chi connectivity index (χ0n) is 15.3. The molecule has 1 aromatic heterocycles. The van der Waals surface area contributed by atoms with Crippen LogP contribution in [0.15, 0.2) is 66.1 Å². The van der Waals surface area contributed by atoms with Crippen molar-refractivity contribution in [3.05, 3.63) is 77.4 Å². The maximum Gasteiger partial charge on any atom is 0.246 e. The van der Waals surface area contributed by atoms with E-state index in [0.29, 0.717) is 13.1 Å². The summed E-state index contributed by atoms with van der Waals surface area (Å²) in [6, 6.07) is 16.2. The van der Waals surface area contributed by atoms with Gasteiger partial charge < -0.3 is 9.80 Å². The molecule has 1 aliphatic rings. The normalized spacial score (nSPS) is 14.6. The second-order valence-corrected chi connectivity index (χ2v) is 7.42. The number of carbonyl (C=O) groups excluding carboxylic acids is 1. The van der Waals surface area contributed by atoms with Gasteiger partial charge in [0.05, 0.1) is 5.69 Å². The van der Waals surface area contributed by atoms with Crippen LogP contribution in [0.1, 0.15) is 5.56 Å². The Hall–Kier alpha value is -2.99. The molecule has 0 saturated carbocycles. The molecule has 4 nitrogen and oxygen atoms in total. The highest BCUT2D eigenvalue weighted by Gasteiger charge is 2.21. The molecule has 1 amide bonds. The van der Waals surface area contributed by atoms with Crippen molar-refractivity contribution < 1.29 is 9.18 Å². The van der Waals surface area contributed by atoms with Gasteiger partial charge in [-0.3, -0.25) is 4.79 Å². The van der Waals surface area contributed by atoms with Gasteiger partial charge in [-0.2, -0.15) is 0 Å². The van der Waals surface area contributed by atoms with E-state index in [1.165, 1.54) is 12.1 Å². The largest absolute Gasteiger partial charge is 0.345 e. The lowest BCUT2D eigenvalue weighted by atomic mass is 10.2. The zero-order chi connectivity index (χ0) is 19.3. The molecule has 2 heterocycles. The van der Waals surface area contributed by atoms with Crippen molar-refractivity contribution in [1.82, 2.24) is 9.88 Å². The predicted octanol–water partition coefficient (Wildman–Crippen LogP) is 4.31. The molecule has 0 unspecified atom stereocenters. The van der Waals surface area contributed by atoms with Crippen molar-refractivity contribution in [3.8, 4) is 11.3 Å². The van der Waals surface area contributed by atoms with Gasteiger partial charge in [-0.05, 0) is 35.9 Å². The molecule has 2 aromatic carbocycles. The molecule has 1 saturated heterocycles. The van der Waals surface area contributed by atoms with Gasteiger partial charge in [0.1, 0.15) is 5.82 Å². The third-order valence-electron chi connectivity index (χ3n) is 4.71. The van der Waals surface area contributed by atoms with E-state index in [1.807, 2.05) is 46.7 Å². The van der Waals surface area contributed by atoms with Crippen LogP contribution in [0.3, 0.4) is 0 Å². The van der Waals surface area contributed by atoms with Crippen LogP contribution in [0, 0.1) is 5.82 Å². The number of amides is 1. The Bertz CT molecular complexity index is 961. The van der Waals surface area contributed by atoms with E-state index < -0.39 is 0 Å². The summed E-state index contributed by atoms with van der Waals surface area (Å²) >= 11 is 1.58. The van der Waals surface area contributed by atoms with E-state index in [2.05, 4.69) is 9.88 Å². The molecule has 28 heavy (non-hydrogen) atoms. The Morgan fingerprint density at radius 3 is 2.43 bits per heavy atom. The summed E-state index contributed by atoms with van der Waals surface area (Å²) in [5.74, 6) is -0.212. The lowest BCUT2D eigenvalue weighted by Crippen LogP contribution is -2.48. The summed E-state index contributed by atoms with van der Waals surface area (Å²) in [4.78, 5) is 21.2. The molecule has 0 N–H and O–H groups in total. The summed E-state index contributed by atoms with van der Waals surface area (Å²) in [6.07, 6.45) is 3.49. The fourth-order valence-corrected chi connectivity index (χ4v) is 4.01. The molecule has 0 spiro atoms. The lowest BCUT2D eigenvalue weighted by molar-refractivity contribution is -0.126. The third kappa shape index (κ3) is 4.28. The average Bonchev–Trinajstić information content (AvgIpc) is 3.24. The minimum atomic E-state index is -0.249. The minimum absolute atomic E-state index is 0.0367. The standard InChI is InChI=1S/C22H20FN3OS/c23-19-9-7-18(8-10-19)20-16-28-22(24-20)26-14-12-25(13-15-26)21(27)11-6-17-4-2-1-3-5-17/h1-11,16H,12-15H2. The number of rotatable bonds is 4. The van der Waals surface area contributed by atoms with Crippen LogP contribution in [0.25, 0.3) is 17.3 Å². The van der Waals surface area contributed by atoms with E-state index in [1.54, 1.807) is 29.5 Å². The van der Waals surface area contributed by atoms with E-state index in [4.69, 9.17) is 0 Å². The van der Waals surface area contributed by atoms with Crippen molar-refractivity contribution in [2.24, 2.45) is 0 Å². The SMILES string of the molecule is O=C(C=Cc1ccccc1)N1CCN(c2nc(-c3ccc(F)cc3)cs2)CC1. The average molecular weight is 393 g/mol. The van der Waals surface area contributed by atoms with Gasteiger partial charge in [0.15, 0.2) is 5.13 Å². The van der Waals surface area contributed by atoms with Crippen LogP contribution in [0.4, 0.5) is 9.52 Å². The summed E-state index contributed by atoms with van der Waals surface area (Å²) in [5, 5.41) is 2.93. The van der Waals surface area contributed by atoms with Gasteiger partial charge in [-0.1, -0.05) is 30.3 Å². The molecule has 1 fully saturated rings. The Morgan fingerprint density at radius 1 is 1.00 bits per heavy atom. The Morgan fingerprint density at radius 2 is 1.71 bits per heavy atom. The molecule has 3 aromatic rings. The molecule has 0 radical (unpaired) electrons. The number of nitrogens with zero attached hydrogens (tertiary/aromatic N) is 3. The van der Waals surface area contributed by atoms with Crippen LogP contribution in [0.2, 0.25) is 0 Å². The summed E-state index contributed by atoms with van der Waals surface area (Å²) in [7, 11) is 0. The number of halogens is 1. The Labute approximate surface area is 167 Å². The highest BCUT2D eigenvalue weighted by atomic mass is 32.1.